The first kappa shape index (κ1) is 15.1. The van der Waals surface area contributed by atoms with E-state index in [1.807, 2.05) is 0 Å². The molecule has 0 saturated heterocycles. The number of thioether (sulfide) groups is 1. The van der Waals surface area contributed by atoms with Crippen LogP contribution in [0, 0.1) is 12.8 Å². The average Bonchev–Trinajstić information content (AvgIpc) is 2.42. The number of nitrogens with zero attached hydrogens (tertiary/aromatic N) is 2. The molecule has 7 heteroatoms. The van der Waals surface area contributed by atoms with Gasteiger partial charge in [-0.25, -0.2) is 4.98 Å². The molecule has 1 aliphatic rings. The van der Waals surface area contributed by atoms with Gasteiger partial charge in [0, 0.05) is 24.1 Å². The molecule has 0 bridgehead atoms. The van der Waals surface area contributed by atoms with Gasteiger partial charge >= 0.3 is 0 Å². The maximum Gasteiger partial charge on any atom is 0.257 e. The monoisotopic (exact) mass is 297 g/mol. The van der Waals surface area contributed by atoms with Crippen LogP contribution >= 0.6 is 11.8 Å². The van der Waals surface area contributed by atoms with E-state index in [2.05, 4.69) is 10.3 Å². The molecule has 0 aromatic carbocycles. The number of fused-ring (bicyclic) bond motifs is 1. The molecule has 110 valence electrons. The van der Waals surface area contributed by atoms with Crippen molar-refractivity contribution in [1.29, 1.82) is 0 Å². The number of carbonyl (C=O) groups excluding carboxylic acids is 1. The van der Waals surface area contributed by atoms with Gasteiger partial charge in [-0.05, 0) is 20.8 Å². The van der Waals surface area contributed by atoms with E-state index in [4.69, 9.17) is 0 Å². The van der Waals surface area contributed by atoms with Crippen molar-refractivity contribution in [3.8, 4) is 0 Å². The normalized spacial score (nSPS) is 18.5. The number of hydrogen-bond donors (Lipinski definition) is 2. The minimum Gasteiger partial charge on any atom is -0.394 e. The van der Waals surface area contributed by atoms with E-state index in [9.17, 15) is 14.7 Å². The number of nitrogens with one attached hydrogen (secondary N) is 1. The quantitative estimate of drug-likeness (QED) is 0.777. The van der Waals surface area contributed by atoms with Crippen LogP contribution in [0.15, 0.2) is 16.1 Å². The van der Waals surface area contributed by atoms with E-state index < -0.39 is 5.54 Å². The summed E-state index contributed by atoms with van der Waals surface area (Å²) in [6, 6.07) is 0. The Bertz CT molecular complexity index is 583. The van der Waals surface area contributed by atoms with Gasteiger partial charge in [0.25, 0.3) is 5.56 Å². The molecular formula is C13H19N3O3S. The zero-order chi connectivity index (χ0) is 14.9. The number of carbonyl (C=O) groups is 1. The summed E-state index contributed by atoms with van der Waals surface area (Å²) in [4.78, 5) is 28.5. The summed E-state index contributed by atoms with van der Waals surface area (Å²) >= 11 is 1.41. The largest absolute Gasteiger partial charge is 0.394 e. The van der Waals surface area contributed by atoms with Gasteiger partial charge in [-0.2, -0.15) is 0 Å². The molecule has 6 nitrogen and oxygen atoms in total. The first-order valence-electron chi connectivity index (χ1n) is 6.46. The fourth-order valence-electron chi connectivity index (χ4n) is 1.93. The molecule has 2 rings (SSSR count). The second-order valence-corrected chi connectivity index (χ2v) is 6.67. The molecule has 1 aromatic heterocycles. The number of aliphatic hydroxyl groups excluding tert-OH is 1. The van der Waals surface area contributed by atoms with Crippen molar-refractivity contribution in [3.63, 3.8) is 0 Å². The molecular weight excluding hydrogens is 278 g/mol. The van der Waals surface area contributed by atoms with Crippen LogP contribution in [0.5, 0.6) is 0 Å². The van der Waals surface area contributed by atoms with Crippen LogP contribution in [-0.2, 0) is 11.3 Å². The highest BCUT2D eigenvalue weighted by molar-refractivity contribution is 7.99. The van der Waals surface area contributed by atoms with Gasteiger partial charge in [-0.1, -0.05) is 11.8 Å². The van der Waals surface area contributed by atoms with E-state index in [1.165, 1.54) is 11.8 Å². The Morgan fingerprint density at radius 1 is 1.65 bits per heavy atom. The smallest absolute Gasteiger partial charge is 0.257 e. The van der Waals surface area contributed by atoms with Gasteiger partial charge in [0.1, 0.15) is 0 Å². The lowest BCUT2D eigenvalue weighted by Crippen LogP contribution is -2.50. The molecule has 1 amide bonds. The van der Waals surface area contributed by atoms with Gasteiger partial charge < -0.3 is 10.4 Å². The van der Waals surface area contributed by atoms with Gasteiger partial charge in [0.15, 0.2) is 5.16 Å². The van der Waals surface area contributed by atoms with Crippen LogP contribution in [0.3, 0.4) is 0 Å². The molecule has 1 aromatic rings. The first-order chi connectivity index (χ1) is 9.34. The van der Waals surface area contributed by atoms with Crippen molar-refractivity contribution < 1.29 is 9.90 Å². The maximum atomic E-state index is 12.2. The number of aromatic nitrogens is 2. The standard InChI is InChI=1S/C13H19N3O3S/c1-8-4-14-12-16(11(8)19)5-9(6-20-12)10(18)15-13(2,3)7-17/h4,9,17H,5-7H2,1-3H3,(H,15,18). The summed E-state index contributed by atoms with van der Waals surface area (Å²) in [7, 11) is 0. The summed E-state index contributed by atoms with van der Waals surface area (Å²) in [5, 5.41) is 12.7. The number of rotatable bonds is 3. The third kappa shape index (κ3) is 3.04. The molecule has 1 atom stereocenters. The van der Waals surface area contributed by atoms with E-state index in [0.29, 0.717) is 23.0 Å². The van der Waals surface area contributed by atoms with Crippen molar-refractivity contribution in [2.24, 2.45) is 5.92 Å². The Labute approximate surface area is 121 Å². The van der Waals surface area contributed by atoms with Crippen LogP contribution in [0.25, 0.3) is 0 Å². The molecule has 1 aliphatic heterocycles. The average molecular weight is 297 g/mol. The predicted molar refractivity (Wildman–Crippen MR) is 76.8 cm³/mol. The highest BCUT2D eigenvalue weighted by Gasteiger charge is 2.30. The molecule has 0 fully saturated rings. The lowest BCUT2D eigenvalue weighted by molar-refractivity contribution is -0.127. The SMILES string of the molecule is Cc1cnc2n(c1=O)CC(C(=O)NC(C)(C)CO)CS2. The Kier molecular flexibility index (Phi) is 4.19. The van der Waals surface area contributed by atoms with Crippen LogP contribution < -0.4 is 10.9 Å². The Morgan fingerprint density at radius 3 is 3.00 bits per heavy atom. The summed E-state index contributed by atoms with van der Waals surface area (Å²) < 4.78 is 1.56. The van der Waals surface area contributed by atoms with Crippen molar-refractivity contribution in [2.75, 3.05) is 12.4 Å². The van der Waals surface area contributed by atoms with Crippen molar-refractivity contribution >= 4 is 17.7 Å². The van der Waals surface area contributed by atoms with Crippen LogP contribution in [-0.4, -0.2) is 38.5 Å². The highest BCUT2D eigenvalue weighted by Crippen LogP contribution is 2.25. The Morgan fingerprint density at radius 2 is 2.35 bits per heavy atom. The Hall–Kier alpha value is -1.34. The molecule has 2 heterocycles. The molecule has 0 aliphatic carbocycles. The Balaban J connectivity index is 2.17. The number of aryl methyl sites for hydroxylation is 1. The second-order valence-electron chi connectivity index (χ2n) is 5.68. The fourth-order valence-corrected chi connectivity index (χ4v) is 2.98. The maximum absolute atomic E-state index is 12.2. The predicted octanol–water partition coefficient (Wildman–Crippen LogP) is 0.161. The minimum atomic E-state index is -0.655. The summed E-state index contributed by atoms with van der Waals surface area (Å²) in [6.07, 6.45) is 1.57. The molecule has 0 spiro atoms. The van der Waals surface area contributed by atoms with Crippen molar-refractivity contribution in [3.05, 3.63) is 22.1 Å². The number of hydrogen-bond acceptors (Lipinski definition) is 5. The summed E-state index contributed by atoms with van der Waals surface area (Å²) in [6.45, 7) is 5.43. The van der Waals surface area contributed by atoms with E-state index in [0.717, 1.165) is 0 Å². The van der Waals surface area contributed by atoms with Crippen molar-refractivity contribution in [2.45, 2.75) is 38.0 Å². The summed E-state index contributed by atoms with van der Waals surface area (Å²) in [5.74, 6) is 0.151. The van der Waals surface area contributed by atoms with Gasteiger partial charge in [-0.3, -0.25) is 14.2 Å². The lowest BCUT2D eigenvalue weighted by Gasteiger charge is -2.29. The minimum absolute atomic E-state index is 0.0959. The summed E-state index contributed by atoms with van der Waals surface area (Å²) in [5.41, 5.74) is -0.176. The molecule has 0 radical (unpaired) electrons. The van der Waals surface area contributed by atoms with E-state index in [1.54, 1.807) is 31.5 Å². The van der Waals surface area contributed by atoms with Gasteiger partial charge in [-0.15, -0.1) is 0 Å². The van der Waals surface area contributed by atoms with Gasteiger partial charge in [0.05, 0.1) is 18.1 Å². The first-order valence-corrected chi connectivity index (χ1v) is 7.45. The molecule has 1 unspecified atom stereocenters. The lowest BCUT2D eigenvalue weighted by atomic mass is 10.0. The molecule has 2 N–H and O–H groups in total. The second kappa shape index (κ2) is 5.57. The molecule has 20 heavy (non-hydrogen) atoms. The fraction of sp³-hybridized carbons (Fsp3) is 0.615. The van der Waals surface area contributed by atoms with Crippen molar-refractivity contribution in [1.82, 2.24) is 14.9 Å². The highest BCUT2D eigenvalue weighted by atomic mass is 32.2. The zero-order valence-corrected chi connectivity index (χ0v) is 12.7. The van der Waals surface area contributed by atoms with Crippen LogP contribution in [0.1, 0.15) is 19.4 Å². The third-order valence-corrected chi connectivity index (χ3v) is 4.38. The number of aliphatic hydroxyl groups is 1. The topological polar surface area (TPSA) is 84.2 Å². The van der Waals surface area contributed by atoms with Crippen LogP contribution in [0.2, 0.25) is 0 Å². The number of amides is 1. The third-order valence-electron chi connectivity index (χ3n) is 3.23. The van der Waals surface area contributed by atoms with E-state index in [-0.39, 0.29) is 24.0 Å². The molecule has 0 saturated carbocycles. The van der Waals surface area contributed by atoms with Gasteiger partial charge in [0.2, 0.25) is 5.91 Å². The zero-order valence-electron chi connectivity index (χ0n) is 11.8. The van der Waals surface area contributed by atoms with E-state index >= 15 is 0 Å². The van der Waals surface area contributed by atoms with Crippen LogP contribution in [0.4, 0.5) is 0 Å².